The van der Waals surface area contributed by atoms with E-state index in [-0.39, 0.29) is 0 Å². The highest BCUT2D eigenvalue weighted by Gasteiger charge is 2.22. The molecule has 1 atom stereocenters. The van der Waals surface area contributed by atoms with Crippen LogP contribution in [-0.4, -0.2) is 23.8 Å². The zero-order chi connectivity index (χ0) is 13.0. The van der Waals surface area contributed by atoms with Crippen LogP contribution in [0, 0.1) is 5.92 Å². The Morgan fingerprint density at radius 2 is 2.11 bits per heavy atom. The van der Waals surface area contributed by atoms with Crippen LogP contribution < -0.4 is 0 Å². The Morgan fingerprint density at radius 3 is 2.78 bits per heavy atom. The number of hydrogen-bond donors (Lipinski definition) is 0. The van der Waals surface area contributed by atoms with Crippen molar-refractivity contribution in [1.29, 1.82) is 0 Å². The molecule has 0 saturated carbocycles. The van der Waals surface area contributed by atoms with E-state index in [9.17, 15) is 4.79 Å². The molecule has 1 unspecified atom stereocenters. The zero-order valence-corrected chi connectivity index (χ0v) is 11.6. The lowest BCUT2D eigenvalue weighted by Gasteiger charge is -2.16. The predicted molar refractivity (Wildman–Crippen MR) is 74.8 cm³/mol. The number of carbonyl (C=O) groups excluding carboxylic acids is 1. The predicted octanol–water partition coefficient (Wildman–Crippen LogP) is 3.53. The molecule has 0 spiro atoms. The van der Waals surface area contributed by atoms with E-state index in [1.54, 1.807) is 6.92 Å². The van der Waals surface area contributed by atoms with Crippen LogP contribution in [0.1, 0.15) is 31.7 Å². The van der Waals surface area contributed by atoms with Crippen LogP contribution >= 0.6 is 11.6 Å². The first kappa shape index (κ1) is 13.6. The van der Waals surface area contributed by atoms with Crippen molar-refractivity contribution in [1.82, 2.24) is 4.90 Å². The van der Waals surface area contributed by atoms with Gasteiger partial charge in [0.15, 0.2) is 0 Å². The van der Waals surface area contributed by atoms with Crippen LogP contribution in [0.5, 0.6) is 0 Å². The van der Waals surface area contributed by atoms with Crippen LogP contribution in [0.4, 0.5) is 0 Å². The molecule has 0 amide bonds. The first-order valence-corrected chi connectivity index (χ1v) is 6.97. The van der Waals surface area contributed by atoms with Crippen LogP contribution in [-0.2, 0) is 11.3 Å². The molecule has 1 aliphatic rings. The van der Waals surface area contributed by atoms with E-state index in [1.165, 1.54) is 12.0 Å². The maximum Gasteiger partial charge on any atom is 0.129 e. The maximum atomic E-state index is 11.0. The van der Waals surface area contributed by atoms with E-state index < -0.39 is 0 Å². The summed E-state index contributed by atoms with van der Waals surface area (Å²) in [5, 5.41) is 0.791. The number of likely N-dealkylation sites (tertiary alicyclic amines) is 1. The molecule has 0 aromatic heterocycles. The van der Waals surface area contributed by atoms with Gasteiger partial charge in [0.05, 0.1) is 0 Å². The largest absolute Gasteiger partial charge is 0.300 e. The fourth-order valence-electron chi connectivity index (χ4n) is 2.55. The summed E-state index contributed by atoms with van der Waals surface area (Å²) in [7, 11) is 0. The van der Waals surface area contributed by atoms with Crippen LogP contribution in [0.15, 0.2) is 24.3 Å². The minimum Gasteiger partial charge on any atom is -0.300 e. The van der Waals surface area contributed by atoms with Crippen LogP contribution in [0.25, 0.3) is 0 Å². The monoisotopic (exact) mass is 265 g/mol. The molecule has 0 aliphatic carbocycles. The number of benzene rings is 1. The van der Waals surface area contributed by atoms with E-state index in [1.807, 2.05) is 12.1 Å². The summed E-state index contributed by atoms with van der Waals surface area (Å²) in [5.74, 6) is 1.01. The van der Waals surface area contributed by atoms with Gasteiger partial charge in [0.2, 0.25) is 0 Å². The molecule has 1 aromatic rings. The molecule has 1 saturated heterocycles. The lowest BCUT2D eigenvalue weighted by Crippen LogP contribution is -2.20. The molecular weight excluding hydrogens is 246 g/mol. The average molecular weight is 266 g/mol. The molecule has 18 heavy (non-hydrogen) atoms. The molecular formula is C15H20ClNO. The second kappa shape index (κ2) is 6.35. The minimum atomic E-state index is 0.311. The summed E-state index contributed by atoms with van der Waals surface area (Å²) in [6.07, 6.45) is 3.01. The van der Waals surface area contributed by atoms with Gasteiger partial charge in [-0.15, -0.1) is 0 Å². The second-order valence-corrected chi connectivity index (χ2v) is 5.69. The number of rotatable bonds is 5. The summed E-state index contributed by atoms with van der Waals surface area (Å²) in [6.45, 7) is 4.94. The molecule has 1 aliphatic heterocycles. The summed E-state index contributed by atoms with van der Waals surface area (Å²) >= 11 is 5.88. The molecule has 1 heterocycles. The van der Waals surface area contributed by atoms with Crippen molar-refractivity contribution in [2.45, 2.75) is 32.7 Å². The highest BCUT2D eigenvalue weighted by molar-refractivity contribution is 6.30. The molecule has 1 aromatic carbocycles. The smallest absolute Gasteiger partial charge is 0.129 e. The Balaban J connectivity index is 1.78. The maximum absolute atomic E-state index is 11.0. The van der Waals surface area contributed by atoms with E-state index in [0.717, 1.165) is 37.5 Å². The van der Waals surface area contributed by atoms with E-state index in [0.29, 0.717) is 11.7 Å². The minimum absolute atomic E-state index is 0.311. The first-order valence-electron chi connectivity index (χ1n) is 6.60. The zero-order valence-electron chi connectivity index (χ0n) is 10.9. The average Bonchev–Trinajstić information content (AvgIpc) is 2.77. The summed E-state index contributed by atoms with van der Waals surface area (Å²) in [4.78, 5) is 13.4. The summed E-state index contributed by atoms with van der Waals surface area (Å²) in [5.41, 5.74) is 1.31. The van der Waals surface area contributed by atoms with Gasteiger partial charge in [-0.3, -0.25) is 4.90 Å². The Kier molecular flexibility index (Phi) is 4.79. The fraction of sp³-hybridized carbons (Fsp3) is 0.533. The third-order valence-corrected chi connectivity index (χ3v) is 3.85. The summed E-state index contributed by atoms with van der Waals surface area (Å²) < 4.78 is 0. The number of halogens is 1. The van der Waals surface area contributed by atoms with Gasteiger partial charge < -0.3 is 4.79 Å². The van der Waals surface area contributed by atoms with Gasteiger partial charge in [-0.1, -0.05) is 23.7 Å². The lowest BCUT2D eigenvalue weighted by atomic mass is 10.0. The van der Waals surface area contributed by atoms with Gasteiger partial charge in [0, 0.05) is 24.5 Å². The normalized spacial score (nSPS) is 20.2. The number of Topliss-reactive ketones (excluding diaryl/α,β-unsaturated/α-hetero) is 1. The molecule has 2 rings (SSSR count). The number of carbonyl (C=O) groups is 1. The molecule has 98 valence electrons. The van der Waals surface area contributed by atoms with Gasteiger partial charge in [0.25, 0.3) is 0 Å². The molecule has 0 radical (unpaired) electrons. The second-order valence-electron chi connectivity index (χ2n) is 5.26. The number of ketones is 1. The van der Waals surface area contributed by atoms with E-state index in [4.69, 9.17) is 11.6 Å². The molecule has 3 heteroatoms. The third kappa shape index (κ3) is 4.11. The first-order chi connectivity index (χ1) is 8.63. The van der Waals surface area contributed by atoms with Crippen LogP contribution in [0.2, 0.25) is 5.02 Å². The van der Waals surface area contributed by atoms with Gasteiger partial charge in [-0.2, -0.15) is 0 Å². The molecule has 0 bridgehead atoms. The fourth-order valence-corrected chi connectivity index (χ4v) is 2.67. The van der Waals surface area contributed by atoms with Crippen molar-refractivity contribution in [3.63, 3.8) is 0 Å². The van der Waals surface area contributed by atoms with Crippen molar-refractivity contribution in [3.8, 4) is 0 Å². The van der Waals surface area contributed by atoms with Crippen molar-refractivity contribution >= 4 is 17.4 Å². The van der Waals surface area contributed by atoms with E-state index in [2.05, 4.69) is 17.0 Å². The highest BCUT2D eigenvalue weighted by atomic mass is 35.5. The topological polar surface area (TPSA) is 20.3 Å². The van der Waals surface area contributed by atoms with Gasteiger partial charge in [-0.25, -0.2) is 0 Å². The summed E-state index contributed by atoms with van der Waals surface area (Å²) in [6, 6.07) is 8.07. The van der Waals surface area contributed by atoms with Gasteiger partial charge in [-0.05, 0) is 49.9 Å². The Morgan fingerprint density at radius 1 is 1.39 bits per heavy atom. The number of hydrogen-bond acceptors (Lipinski definition) is 2. The Bertz CT molecular complexity index is 401. The third-order valence-electron chi connectivity index (χ3n) is 3.59. The van der Waals surface area contributed by atoms with Gasteiger partial charge in [0.1, 0.15) is 5.78 Å². The van der Waals surface area contributed by atoms with Crippen LogP contribution in [0.3, 0.4) is 0 Å². The van der Waals surface area contributed by atoms with Crippen molar-refractivity contribution in [2.24, 2.45) is 5.92 Å². The Hall–Kier alpha value is -0.860. The number of nitrogens with zero attached hydrogens (tertiary/aromatic N) is 1. The lowest BCUT2D eigenvalue weighted by molar-refractivity contribution is -0.117. The Labute approximate surface area is 114 Å². The quantitative estimate of drug-likeness (QED) is 0.812. The van der Waals surface area contributed by atoms with Gasteiger partial charge >= 0.3 is 0 Å². The van der Waals surface area contributed by atoms with Crippen molar-refractivity contribution in [2.75, 3.05) is 13.1 Å². The highest BCUT2D eigenvalue weighted by Crippen LogP contribution is 2.23. The molecule has 0 N–H and O–H groups in total. The standard InChI is InChI=1S/C15H20ClNO/c1-12(18)2-3-14-8-9-17(11-14)10-13-4-6-15(16)7-5-13/h4-7,14H,2-3,8-11H2,1H3. The molecule has 2 nitrogen and oxygen atoms in total. The molecule has 1 fully saturated rings. The van der Waals surface area contributed by atoms with Crippen molar-refractivity contribution < 1.29 is 4.79 Å². The SMILES string of the molecule is CC(=O)CCC1CCN(Cc2ccc(Cl)cc2)C1. The van der Waals surface area contributed by atoms with Crippen molar-refractivity contribution in [3.05, 3.63) is 34.9 Å². The van der Waals surface area contributed by atoms with E-state index >= 15 is 0 Å².